The predicted molar refractivity (Wildman–Crippen MR) is 168 cm³/mol. The van der Waals surface area contributed by atoms with E-state index >= 15 is 0 Å². The molecule has 1 N–H and O–H groups in total. The summed E-state index contributed by atoms with van der Waals surface area (Å²) >= 11 is 0. The Morgan fingerprint density at radius 3 is 1.98 bits per heavy atom. The Morgan fingerprint density at radius 2 is 1.33 bits per heavy atom. The fraction of sp³-hybridized carbons (Fsp3) is 0.971. The number of amides is 1. The lowest BCUT2D eigenvalue weighted by molar-refractivity contribution is -0.323. The van der Waals surface area contributed by atoms with Crippen LogP contribution in [0, 0.1) is 29.6 Å². The van der Waals surface area contributed by atoms with Gasteiger partial charge in [-0.1, -0.05) is 87.5 Å². The molecular weight excluding hydrogens is 530 g/mol. The van der Waals surface area contributed by atoms with E-state index < -0.39 is 0 Å². The first-order valence-corrected chi connectivity index (χ1v) is 17.7. The average molecular weight is 596 g/mol. The van der Waals surface area contributed by atoms with Crippen LogP contribution in [0.4, 0.5) is 0 Å². The number of β-amino-alcohol motifs (C(OH)–C–C–N with tert-alkyl or cyclic N) is 1. The molecule has 1 amide bonds. The summed E-state index contributed by atoms with van der Waals surface area (Å²) in [5.41, 5.74) is 0. The standard InChI is InChI=1S/C35H65NO6/c1-9-28-21-29(37)22-36(28)32(38)19-17-15-13-12-14-16-18-20-39-34-27(8)25(6)33(31(11-3)41-34)42-35-26(7)23(4)24(5)30(10-2)40-35/h23-31,33-35,37H,9-22H2,1-8H3/t23?,24?,25?,26?,27?,28-,29+,30?,31?,33?,34?,35?/m1/s1. The van der Waals surface area contributed by atoms with Gasteiger partial charge in [-0.15, -0.1) is 0 Å². The molecule has 0 aromatic carbocycles. The van der Waals surface area contributed by atoms with Gasteiger partial charge in [0.05, 0.1) is 24.4 Å². The molecule has 0 aromatic rings. The van der Waals surface area contributed by atoms with Crippen molar-refractivity contribution in [2.75, 3.05) is 13.2 Å². The SMILES string of the molecule is CCC1OC(OC2C(CC)OC(OCCCCCCCCCC(=O)N3C[C@@H](O)C[C@H]3CC)C(C)C2C)C(C)C(C)C1C. The maximum absolute atomic E-state index is 12.5. The van der Waals surface area contributed by atoms with Crippen molar-refractivity contribution in [3.05, 3.63) is 0 Å². The van der Waals surface area contributed by atoms with Crippen molar-refractivity contribution in [3.8, 4) is 0 Å². The van der Waals surface area contributed by atoms with Crippen molar-refractivity contribution in [1.29, 1.82) is 0 Å². The van der Waals surface area contributed by atoms with E-state index in [2.05, 4.69) is 55.4 Å². The molecule has 0 aliphatic carbocycles. The summed E-state index contributed by atoms with van der Waals surface area (Å²) in [5.74, 6) is 2.28. The number of hydrogen-bond acceptors (Lipinski definition) is 6. The summed E-state index contributed by atoms with van der Waals surface area (Å²) in [6.07, 6.45) is 11.6. The zero-order chi connectivity index (χ0) is 30.8. The van der Waals surface area contributed by atoms with Gasteiger partial charge in [0, 0.05) is 37.5 Å². The van der Waals surface area contributed by atoms with Crippen LogP contribution in [-0.2, 0) is 23.7 Å². The Kier molecular flexibility index (Phi) is 15.0. The number of aliphatic hydroxyl groups is 1. The molecule has 0 bridgehead atoms. The first kappa shape index (κ1) is 35.7. The molecule has 7 heteroatoms. The third-order valence-electron chi connectivity index (χ3n) is 11.0. The number of carbonyl (C=O) groups excluding carboxylic acids is 1. The molecule has 0 spiro atoms. The van der Waals surface area contributed by atoms with E-state index in [-0.39, 0.29) is 54.9 Å². The van der Waals surface area contributed by atoms with Gasteiger partial charge in [0.15, 0.2) is 12.6 Å². The molecule has 3 heterocycles. The second-order valence-electron chi connectivity index (χ2n) is 13.9. The van der Waals surface area contributed by atoms with Crippen molar-refractivity contribution in [1.82, 2.24) is 4.90 Å². The zero-order valence-electron chi connectivity index (χ0n) is 28.3. The molecule has 3 saturated heterocycles. The molecule has 42 heavy (non-hydrogen) atoms. The summed E-state index contributed by atoms with van der Waals surface area (Å²) in [4.78, 5) is 14.4. The van der Waals surface area contributed by atoms with Gasteiger partial charge in [-0.25, -0.2) is 0 Å². The summed E-state index contributed by atoms with van der Waals surface area (Å²) < 4.78 is 26.0. The van der Waals surface area contributed by atoms with Crippen LogP contribution in [0.5, 0.6) is 0 Å². The summed E-state index contributed by atoms with van der Waals surface area (Å²) in [6.45, 7) is 19.2. The topological polar surface area (TPSA) is 77.5 Å². The Hall–Kier alpha value is -0.730. The molecule has 7 nitrogen and oxygen atoms in total. The molecule has 246 valence electrons. The van der Waals surface area contributed by atoms with Gasteiger partial charge in [0.1, 0.15) is 0 Å². The first-order valence-electron chi connectivity index (χ1n) is 17.7. The number of hydrogen-bond donors (Lipinski definition) is 1. The maximum Gasteiger partial charge on any atom is 0.222 e. The van der Waals surface area contributed by atoms with Crippen LogP contribution >= 0.6 is 0 Å². The fourth-order valence-corrected chi connectivity index (χ4v) is 7.44. The number of ether oxygens (including phenoxy) is 4. The van der Waals surface area contributed by atoms with Gasteiger partial charge in [-0.2, -0.15) is 0 Å². The van der Waals surface area contributed by atoms with Gasteiger partial charge in [0.25, 0.3) is 0 Å². The highest BCUT2D eigenvalue weighted by atomic mass is 16.7. The Morgan fingerprint density at radius 1 is 0.738 bits per heavy atom. The Balaban J connectivity index is 1.30. The second kappa shape index (κ2) is 17.7. The van der Waals surface area contributed by atoms with E-state index in [1.807, 2.05) is 4.90 Å². The average Bonchev–Trinajstić information content (AvgIpc) is 3.37. The second-order valence-corrected chi connectivity index (χ2v) is 13.9. The van der Waals surface area contributed by atoms with Crippen LogP contribution in [0.25, 0.3) is 0 Å². The van der Waals surface area contributed by atoms with E-state index in [9.17, 15) is 9.90 Å². The highest BCUT2D eigenvalue weighted by molar-refractivity contribution is 5.76. The molecule has 3 rings (SSSR count). The van der Waals surface area contributed by atoms with Gasteiger partial charge in [-0.3, -0.25) is 4.79 Å². The van der Waals surface area contributed by atoms with E-state index in [0.29, 0.717) is 36.6 Å². The number of nitrogens with zero attached hydrogens (tertiary/aromatic N) is 1. The van der Waals surface area contributed by atoms with Gasteiger partial charge >= 0.3 is 0 Å². The first-order chi connectivity index (χ1) is 20.1. The van der Waals surface area contributed by atoms with Crippen LogP contribution in [-0.4, -0.2) is 72.1 Å². The number of carbonyl (C=O) groups is 1. The Labute approximate surface area is 257 Å². The van der Waals surface area contributed by atoms with Crippen molar-refractivity contribution >= 4 is 5.91 Å². The number of likely N-dealkylation sites (tertiary alicyclic amines) is 1. The summed E-state index contributed by atoms with van der Waals surface area (Å²) in [5, 5.41) is 9.88. The molecular formula is C35H65NO6. The normalized spacial score (nSPS) is 39.1. The number of rotatable bonds is 16. The molecule has 3 aliphatic heterocycles. The Bertz CT molecular complexity index is 777. The lowest BCUT2D eigenvalue weighted by Gasteiger charge is -2.49. The number of aliphatic hydroxyl groups excluding tert-OH is 1. The minimum Gasteiger partial charge on any atom is -0.391 e. The quantitative estimate of drug-likeness (QED) is 0.188. The highest BCUT2D eigenvalue weighted by Crippen LogP contribution is 2.41. The van der Waals surface area contributed by atoms with Crippen molar-refractivity contribution in [2.24, 2.45) is 29.6 Å². The largest absolute Gasteiger partial charge is 0.391 e. The minimum absolute atomic E-state index is 0.0146. The lowest BCUT2D eigenvalue weighted by Crippen LogP contribution is -2.55. The maximum atomic E-state index is 12.5. The molecule has 0 aromatic heterocycles. The van der Waals surface area contributed by atoms with E-state index in [0.717, 1.165) is 58.0 Å². The van der Waals surface area contributed by atoms with Crippen LogP contribution in [0.3, 0.4) is 0 Å². The van der Waals surface area contributed by atoms with Gasteiger partial charge in [-0.05, 0) is 56.3 Å². The third kappa shape index (κ3) is 9.39. The van der Waals surface area contributed by atoms with Gasteiger partial charge < -0.3 is 29.0 Å². The fourth-order valence-electron chi connectivity index (χ4n) is 7.44. The van der Waals surface area contributed by atoms with Crippen LogP contribution in [0.2, 0.25) is 0 Å². The zero-order valence-corrected chi connectivity index (χ0v) is 28.3. The van der Waals surface area contributed by atoms with E-state index in [1.165, 1.54) is 19.3 Å². The molecule has 12 atom stereocenters. The summed E-state index contributed by atoms with van der Waals surface area (Å²) in [6, 6.07) is 0.226. The van der Waals surface area contributed by atoms with Crippen molar-refractivity contribution in [3.63, 3.8) is 0 Å². The molecule has 0 saturated carbocycles. The molecule has 0 radical (unpaired) electrons. The monoisotopic (exact) mass is 595 g/mol. The van der Waals surface area contributed by atoms with E-state index in [4.69, 9.17) is 18.9 Å². The van der Waals surface area contributed by atoms with Crippen molar-refractivity contribution < 1.29 is 28.8 Å². The van der Waals surface area contributed by atoms with Crippen molar-refractivity contribution in [2.45, 2.75) is 175 Å². The van der Waals surface area contributed by atoms with Crippen LogP contribution in [0.1, 0.15) is 132 Å². The molecule has 3 fully saturated rings. The van der Waals surface area contributed by atoms with Gasteiger partial charge in [0.2, 0.25) is 5.91 Å². The molecule has 3 aliphatic rings. The lowest BCUT2D eigenvalue weighted by atomic mass is 9.78. The third-order valence-corrected chi connectivity index (χ3v) is 11.0. The highest BCUT2D eigenvalue weighted by Gasteiger charge is 2.46. The van der Waals surface area contributed by atoms with Crippen LogP contribution in [0.15, 0.2) is 0 Å². The van der Waals surface area contributed by atoms with Crippen LogP contribution < -0.4 is 0 Å². The summed E-state index contributed by atoms with van der Waals surface area (Å²) in [7, 11) is 0. The predicted octanol–water partition coefficient (Wildman–Crippen LogP) is 7.33. The molecule has 10 unspecified atom stereocenters. The smallest absolute Gasteiger partial charge is 0.222 e. The minimum atomic E-state index is -0.342. The van der Waals surface area contributed by atoms with E-state index in [1.54, 1.807) is 0 Å². The number of unbranched alkanes of at least 4 members (excludes halogenated alkanes) is 6.